The van der Waals surface area contributed by atoms with Crippen molar-refractivity contribution in [3.8, 4) is 11.5 Å². The molecule has 0 aliphatic heterocycles. The van der Waals surface area contributed by atoms with Gasteiger partial charge in [-0.15, -0.1) is 0 Å². The Morgan fingerprint density at radius 3 is 1.77 bits per heavy atom. The number of hydrogen-bond acceptors (Lipinski definition) is 4. The number of benzene rings is 2. The summed E-state index contributed by atoms with van der Waals surface area (Å²) in [4.78, 5) is 8.86. The Morgan fingerprint density at radius 1 is 0.800 bits per heavy atom. The fourth-order valence-corrected chi connectivity index (χ4v) is 3.70. The van der Waals surface area contributed by atoms with Crippen molar-refractivity contribution < 1.29 is 26.7 Å². The summed E-state index contributed by atoms with van der Waals surface area (Å²) in [6.45, 7) is 18.5. The van der Waals surface area contributed by atoms with Crippen molar-refractivity contribution in [2.24, 2.45) is 4.99 Å². The number of pyridine rings is 1. The predicted molar refractivity (Wildman–Crippen MR) is 144 cm³/mol. The van der Waals surface area contributed by atoms with Crippen molar-refractivity contribution in [2.75, 3.05) is 0 Å². The Bertz CT molecular complexity index is 1090. The van der Waals surface area contributed by atoms with Crippen molar-refractivity contribution in [1.82, 2.24) is 4.98 Å². The molecule has 0 saturated heterocycles. The average Bonchev–Trinajstić information content (AvgIpc) is 2.74. The first kappa shape index (κ1) is 30.4. The summed E-state index contributed by atoms with van der Waals surface area (Å²) < 4.78 is 0. The van der Waals surface area contributed by atoms with Crippen LogP contribution in [0, 0.1) is 6.92 Å². The fraction of sp³-hybridized carbons (Fsp3) is 0.400. The molecule has 0 bridgehead atoms. The van der Waals surface area contributed by atoms with Crippen LogP contribution in [0.25, 0.3) is 0 Å². The molecule has 4 nitrogen and oxygen atoms in total. The van der Waals surface area contributed by atoms with Crippen LogP contribution >= 0.6 is 0 Å². The standard InChI is InChI=1S/C16H18N2.C14H22O2.Ni/c1-12(2)15-9-6-7-13(3)16(15)18-11-14-8-4-5-10-17-14;1-13(2,3)9-7-8-10(14(4,5)6)12(16)11(9)15;/h4-12H,1-3H3;7-8,15-16H,1-6H3;. The molecule has 0 saturated carbocycles. The molecule has 2 N–H and O–H groups in total. The van der Waals surface area contributed by atoms with E-state index >= 15 is 0 Å². The van der Waals surface area contributed by atoms with Crippen LogP contribution in [-0.2, 0) is 27.3 Å². The van der Waals surface area contributed by atoms with Gasteiger partial charge in [0, 0.05) is 33.8 Å². The first-order valence-electron chi connectivity index (χ1n) is 11.8. The van der Waals surface area contributed by atoms with E-state index in [1.54, 1.807) is 6.20 Å². The Hall–Kier alpha value is -2.65. The molecule has 2 aromatic carbocycles. The zero-order valence-corrected chi connectivity index (χ0v) is 23.4. The van der Waals surface area contributed by atoms with E-state index in [4.69, 9.17) is 0 Å². The molecule has 35 heavy (non-hydrogen) atoms. The smallest absolute Gasteiger partial charge is 0.161 e. The molecular formula is C30H40N2NiO2. The van der Waals surface area contributed by atoms with Crippen LogP contribution in [0.2, 0.25) is 0 Å². The molecule has 3 aromatic rings. The third-order valence-corrected chi connectivity index (χ3v) is 5.67. The number of aryl methyl sites for hydroxylation is 1. The van der Waals surface area contributed by atoms with Gasteiger partial charge in [0.15, 0.2) is 11.5 Å². The number of nitrogens with zero attached hydrogens (tertiary/aromatic N) is 2. The van der Waals surface area contributed by atoms with Crippen molar-refractivity contribution in [1.29, 1.82) is 0 Å². The van der Waals surface area contributed by atoms with Crippen molar-refractivity contribution in [2.45, 2.75) is 79.1 Å². The quantitative estimate of drug-likeness (QED) is 0.210. The van der Waals surface area contributed by atoms with E-state index in [1.807, 2.05) is 78.1 Å². The minimum atomic E-state index is -0.169. The number of aromatic hydroxyl groups is 2. The molecule has 0 aliphatic carbocycles. The van der Waals surface area contributed by atoms with E-state index in [0.29, 0.717) is 5.92 Å². The van der Waals surface area contributed by atoms with Crippen LogP contribution in [0.4, 0.5) is 5.69 Å². The molecule has 0 unspecified atom stereocenters. The summed E-state index contributed by atoms with van der Waals surface area (Å²) in [6.07, 6.45) is 3.61. The van der Waals surface area contributed by atoms with Crippen LogP contribution in [0.15, 0.2) is 59.7 Å². The molecule has 1 heterocycles. The Labute approximate surface area is 221 Å². The SMILES string of the molecule is CC(C)(C)c1ccc(C(C)(C)C)c(O)c1O.Cc1cccc(C(C)C)c1N=Cc1ccccn1.[Ni]. The molecule has 5 heteroatoms. The van der Waals surface area contributed by atoms with Gasteiger partial charge in [-0.2, -0.15) is 0 Å². The molecule has 0 radical (unpaired) electrons. The van der Waals surface area contributed by atoms with Crippen molar-refractivity contribution >= 4 is 11.9 Å². The van der Waals surface area contributed by atoms with Crippen LogP contribution in [0.3, 0.4) is 0 Å². The molecule has 0 amide bonds. The largest absolute Gasteiger partial charge is 0.504 e. The summed E-state index contributed by atoms with van der Waals surface area (Å²) >= 11 is 0. The maximum atomic E-state index is 10.0. The first-order chi connectivity index (χ1) is 15.7. The van der Waals surface area contributed by atoms with Gasteiger partial charge in [-0.05, 0) is 46.9 Å². The van der Waals surface area contributed by atoms with E-state index in [2.05, 4.69) is 48.9 Å². The number of aliphatic imine (C=N–C) groups is 1. The molecule has 0 aliphatic rings. The van der Waals surface area contributed by atoms with Crippen LogP contribution in [0.5, 0.6) is 11.5 Å². The van der Waals surface area contributed by atoms with Gasteiger partial charge >= 0.3 is 0 Å². The van der Waals surface area contributed by atoms with Crippen molar-refractivity contribution in [3.63, 3.8) is 0 Å². The van der Waals surface area contributed by atoms with Gasteiger partial charge in [-0.1, -0.05) is 91.8 Å². The Balaban J connectivity index is 0.000000343. The zero-order valence-electron chi connectivity index (χ0n) is 22.5. The minimum absolute atomic E-state index is 0. The van der Waals surface area contributed by atoms with Crippen LogP contribution < -0.4 is 0 Å². The molecule has 192 valence electrons. The second-order valence-corrected chi connectivity index (χ2v) is 11.0. The third-order valence-electron chi connectivity index (χ3n) is 5.67. The maximum Gasteiger partial charge on any atom is 0.161 e. The molecular weight excluding hydrogens is 479 g/mol. The summed E-state index contributed by atoms with van der Waals surface area (Å²) in [7, 11) is 0. The third kappa shape index (κ3) is 8.21. The molecule has 3 rings (SSSR count). The molecule has 0 spiro atoms. The summed E-state index contributed by atoms with van der Waals surface area (Å²) in [5.74, 6) is 0.501. The molecule has 0 fully saturated rings. The summed E-state index contributed by atoms with van der Waals surface area (Å²) in [5.41, 5.74) is 5.65. The Kier molecular flexibility index (Phi) is 10.7. The number of phenols is 2. The maximum absolute atomic E-state index is 10.0. The van der Waals surface area contributed by atoms with Gasteiger partial charge in [0.2, 0.25) is 0 Å². The number of para-hydroxylation sites is 1. The summed E-state index contributed by atoms with van der Waals surface area (Å²) in [5, 5.41) is 20.1. The summed E-state index contributed by atoms with van der Waals surface area (Å²) in [6, 6.07) is 16.0. The number of aromatic nitrogens is 1. The number of hydrogen-bond donors (Lipinski definition) is 2. The molecule has 1 aromatic heterocycles. The van der Waals surface area contributed by atoms with E-state index < -0.39 is 0 Å². The van der Waals surface area contributed by atoms with Gasteiger partial charge in [0.1, 0.15) is 0 Å². The number of rotatable bonds is 3. The van der Waals surface area contributed by atoms with Crippen molar-refractivity contribution in [3.05, 3.63) is 82.7 Å². The van der Waals surface area contributed by atoms with Gasteiger partial charge in [0.25, 0.3) is 0 Å². The molecule has 0 atom stereocenters. The first-order valence-corrected chi connectivity index (χ1v) is 11.8. The normalized spacial score (nSPS) is 11.7. The van der Waals surface area contributed by atoms with Gasteiger partial charge < -0.3 is 10.2 Å². The average molecular weight is 519 g/mol. The van der Waals surface area contributed by atoms with Gasteiger partial charge in [-0.25, -0.2) is 0 Å². The zero-order chi connectivity index (χ0) is 25.7. The Morgan fingerprint density at radius 2 is 1.34 bits per heavy atom. The second-order valence-electron chi connectivity index (χ2n) is 11.0. The van der Waals surface area contributed by atoms with Crippen LogP contribution in [-0.4, -0.2) is 21.4 Å². The number of phenolic OH excluding ortho intramolecular Hbond substituents is 2. The van der Waals surface area contributed by atoms with E-state index in [0.717, 1.165) is 22.5 Å². The topological polar surface area (TPSA) is 65.7 Å². The minimum Gasteiger partial charge on any atom is -0.504 e. The fourth-order valence-electron chi connectivity index (χ4n) is 3.70. The van der Waals surface area contributed by atoms with E-state index in [-0.39, 0.29) is 38.8 Å². The van der Waals surface area contributed by atoms with Gasteiger partial charge in [-0.3, -0.25) is 9.98 Å². The second kappa shape index (κ2) is 12.4. The van der Waals surface area contributed by atoms with E-state index in [1.165, 1.54) is 11.1 Å². The van der Waals surface area contributed by atoms with Gasteiger partial charge in [0.05, 0.1) is 17.6 Å². The van der Waals surface area contributed by atoms with E-state index in [9.17, 15) is 10.2 Å². The predicted octanol–water partition coefficient (Wildman–Crippen LogP) is 7.95. The van der Waals surface area contributed by atoms with Crippen LogP contribution in [0.1, 0.15) is 89.3 Å². The monoisotopic (exact) mass is 518 g/mol.